The van der Waals surface area contributed by atoms with Crippen LogP contribution in [0.15, 0.2) is 4.99 Å². The maximum absolute atomic E-state index is 5.18. The molecule has 0 bridgehead atoms. The van der Waals surface area contributed by atoms with Crippen LogP contribution in [0.5, 0.6) is 0 Å². The third kappa shape index (κ3) is 11.5. The summed E-state index contributed by atoms with van der Waals surface area (Å²) in [5.74, 6) is 0.0407. The lowest BCUT2D eigenvalue weighted by atomic mass is 10.6. The van der Waals surface area contributed by atoms with Gasteiger partial charge >= 0.3 is 0 Å². The summed E-state index contributed by atoms with van der Waals surface area (Å²) in [6, 6.07) is 0. The molecular formula is C7H18ClN3O2. The normalized spacial score (nSPS) is 11.5. The molecule has 0 rings (SSSR count). The van der Waals surface area contributed by atoms with Gasteiger partial charge in [0.2, 0.25) is 0 Å². The van der Waals surface area contributed by atoms with Crippen LogP contribution >= 0.6 is 12.4 Å². The predicted molar refractivity (Wildman–Crippen MR) is 55.0 cm³/mol. The molecule has 0 heterocycles. The summed E-state index contributed by atoms with van der Waals surface area (Å²) in [5, 5.41) is 0. The van der Waals surface area contributed by atoms with Crippen LogP contribution in [0.4, 0.5) is 0 Å². The van der Waals surface area contributed by atoms with E-state index < -0.39 is 0 Å². The molecular weight excluding hydrogens is 194 g/mol. The summed E-state index contributed by atoms with van der Waals surface area (Å²) in [6.45, 7) is 5.47. The maximum atomic E-state index is 5.18. The van der Waals surface area contributed by atoms with E-state index in [4.69, 9.17) is 20.9 Å². The van der Waals surface area contributed by atoms with Crippen LogP contribution in [0.25, 0.3) is 0 Å². The van der Waals surface area contributed by atoms with Gasteiger partial charge in [0, 0.05) is 6.61 Å². The van der Waals surface area contributed by atoms with Gasteiger partial charge in [-0.15, -0.1) is 12.4 Å². The zero-order chi connectivity index (χ0) is 9.40. The van der Waals surface area contributed by atoms with E-state index >= 15 is 0 Å². The van der Waals surface area contributed by atoms with Crippen molar-refractivity contribution < 1.29 is 9.47 Å². The lowest BCUT2D eigenvalue weighted by molar-refractivity contribution is 0.0192. The first-order chi connectivity index (χ1) is 5.66. The average Bonchev–Trinajstić information content (AvgIpc) is 1.97. The molecule has 13 heavy (non-hydrogen) atoms. The minimum absolute atomic E-state index is 0. The van der Waals surface area contributed by atoms with Gasteiger partial charge in [-0.05, 0) is 13.8 Å². The molecule has 0 amide bonds. The van der Waals surface area contributed by atoms with Gasteiger partial charge in [-0.3, -0.25) is 0 Å². The lowest BCUT2D eigenvalue weighted by Gasteiger charge is -2.08. The van der Waals surface area contributed by atoms with Crippen molar-refractivity contribution in [2.75, 3.05) is 19.8 Å². The van der Waals surface area contributed by atoms with Crippen LogP contribution in [0.2, 0.25) is 0 Å². The Hall–Kier alpha value is -0.520. The molecule has 0 aromatic carbocycles. The Labute approximate surface area is 84.9 Å². The Kier molecular flexibility index (Phi) is 11.0. The number of guanidine groups is 1. The molecule has 0 aliphatic rings. The van der Waals surface area contributed by atoms with Gasteiger partial charge in [-0.2, -0.15) is 0 Å². The van der Waals surface area contributed by atoms with Crippen LogP contribution in [0.3, 0.4) is 0 Å². The van der Waals surface area contributed by atoms with E-state index in [1.807, 2.05) is 6.92 Å². The Balaban J connectivity index is 0. The lowest BCUT2D eigenvalue weighted by Crippen LogP contribution is -2.26. The Bertz CT molecular complexity index is 140. The first-order valence-electron chi connectivity index (χ1n) is 3.95. The monoisotopic (exact) mass is 211 g/mol. The molecule has 0 radical (unpaired) electrons. The molecule has 0 spiro atoms. The highest BCUT2D eigenvalue weighted by Gasteiger charge is 1.97. The van der Waals surface area contributed by atoms with Crippen LogP contribution in [-0.2, 0) is 9.47 Å². The van der Waals surface area contributed by atoms with E-state index in [-0.39, 0.29) is 24.6 Å². The highest BCUT2D eigenvalue weighted by Crippen LogP contribution is 1.91. The Morgan fingerprint density at radius 3 is 2.46 bits per heavy atom. The fourth-order valence-corrected chi connectivity index (χ4v) is 0.669. The fourth-order valence-electron chi connectivity index (χ4n) is 0.669. The van der Waals surface area contributed by atoms with Crippen LogP contribution in [-0.4, -0.2) is 32.0 Å². The predicted octanol–water partition coefficient (Wildman–Crippen LogP) is 0.0807. The first kappa shape index (κ1) is 15.0. The maximum Gasteiger partial charge on any atom is 0.188 e. The number of halogens is 1. The van der Waals surface area contributed by atoms with Crippen molar-refractivity contribution in [1.29, 1.82) is 0 Å². The molecule has 1 unspecified atom stereocenters. The number of rotatable bonds is 6. The third-order valence-electron chi connectivity index (χ3n) is 1.12. The van der Waals surface area contributed by atoms with E-state index in [9.17, 15) is 0 Å². The van der Waals surface area contributed by atoms with Crippen LogP contribution in [0.1, 0.15) is 13.8 Å². The molecule has 0 aliphatic heterocycles. The molecule has 0 aliphatic carbocycles. The van der Waals surface area contributed by atoms with E-state index in [0.29, 0.717) is 19.8 Å². The molecule has 0 saturated heterocycles. The zero-order valence-corrected chi connectivity index (χ0v) is 8.84. The number of nitrogens with zero attached hydrogens (tertiary/aromatic N) is 1. The molecule has 0 saturated carbocycles. The topological polar surface area (TPSA) is 82.9 Å². The second-order valence-electron chi connectivity index (χ2n) is 2.22. The van der Waals surface area contributed by atoms with E-state index in [1.165, 1.54) is 0 Å². The van der Waals surface area contributed by atoms with Crippen molar-refractivity contribution in [3.05, 3.63) is 0 Å². The van der Waals surface area contributed by atoms with Crippen molar-refractivity contribution in [3.8, 4) is 0 Å². The second-order valence-corrected chi connectivity index (χ2v) is 2.22. The molecule has 5 nitrogen and oxygen atoms in total. The molecule has 6 heteroatoms. The van der Waals surface area contributed by atoms with Crippen molar-refractivity contribution in [2.24, 2.45) is 16.5 Å². The number of aliphatic imine (C=N–C) groups is 1. The SMILES string of the molecule is CCOCCOC(C)N=C(N)N.Cl. The average molecular weight is 212 g/mol. The number of hydrogen-bond donors (Lipinski definition) is 2. The number of nitrogens with two attached hydrogens (primary N) is 2. The second kappa shape index (κ2) is 9.57. The number of ether oxygens (including phenoxy) is 2. The Morgan fingerprint density at radius 2 is 2.00 bits per heavy atom. The van der Waals surface area contributed by atoms with Crippen molar-refractivity contribution >= 4 is 18.4 Å². The van der Waals surface area contributed by atoms with Gasteiger partial charge in [0.15, 0.2) is 5.96 Å². The summed E-state index contributed by atoms with van der Waals surface area (Å²) in [6.07, 6.45) is -0.296. The van der Waals surface area contributed by atoms with Crippen LogP contribution < -0.4 is 11.5 Å². The Morgan fingerprint density at radius 1 is 1.38 bits per heavy atom. The van der Waals surface area contributed by atoms with Gasteiger partial charge in [0.05, 0.1) is 13.2 Å². The quantitative estimate of drug-likeness (QED) is 0.370. The van der Waals surface area contributed by atoms with Crippen LogP contribution in [0, 0.1) is 0 Å². The van der Waals surface area contributed by atoms with Crippen molar-refractivity contribution in [2.45, 2.75) is 20.1 Å². The summed E-state index contributed by atoms with van der Waals surface area (Å²) >= 11 is 0. The van der Waals surface area contributed by atoms with Gasteiger partial charge < -0.3 is 20.9 Å². The third-order valence-corrected chi connectivity index (χ3v) is 1.12. The van der Waals surface area contributed by atoms with Gasteiger partial charge in [0.25, 0.3) is 0 Å². The van der Waals surface area contributed by atoms with Gasteiger partial charge in [-0.1, -0.05) is 0 Å². The standard InChI is InChI=1S/C7H17N3O2.ClH/c1-3-11-4-5-12-6(2)10-7(8)9;/h6H,3-5H2,1-2H3,(H4,8,9,10);1H. The fraction of sp³-hybridized carbons (Fsp3) is 0.857. The van der Waals surface area contributed by atoms with E-state index in [2.05, 4.69) is 4.99 Å². The van der Waals surface area contributed by atoms with E-state index in [1.54, 1.807) is 6.92 Å². The summed E-state index contributed by atoms with van der Waals surface area (Å²) < 4.78 is 10.2. The van der Waals surface area contributed by atoms with Gasteiger partial charge in [0.1, 0.15) is 6.23 Å². The molecule has 0 fully saturated rings. The zero-order valence-electron chi connectivity index (χ0n) is 8.03. The van der Waals surface area contributed by atoms with Gasteiger partial charge in [-0.25, -0.2) is 4.99 Å². The highest BCUT2D eigenvalue weighted by molar-refractivity contribution is 5.85. The first-order valence-corrected chi connectivity index (χ1v) is 3.95. The van der Waals surface area contributed by atoms with Crippen molar-refractivity contribution in [1.82, 2.24) is 0 Å². The molecule has 1 atom stereocenters. The molecule has 0 aromatic rings. The minimum atomic E-state index is -0.296. The molecule has 0 aromatic heterocycles. The number of hydrogen-bond acceptors (Lipinski definition) is 3. The molecule has 4 N–H and O–H groups in total. The summed E-state index contributed by atoms with van der Waals surface area (Å²) in [7, 11) is 0. The molecule has 80 valence electrons. The summed E-state index contributed by atoms with van der Waals surface area (Å²) in [4.78, 5) is 3.77. The van der Waals surface area contributed by atoms with Crippen molar-refractivity contribution in [3.63, 3.8) is 0 Å². The largest absolute Gasteiger partial charge is 0.379 e. The minimum Gasteiger partial charge on any atom is -0.379 e. The summed E-state index contributed by atoms with van der Waals surface area (Å²) in [5.41, 5.74) is 10.3. The smallest absolute Gasteiger partial charge is 0.188 e. The highest BCUT2D eigenvalue weighted by atomic mass is 35.5. The van der Waals surface area contributed by atoms with E-state index in [0.717, 1.165) is 0 Å².